The van der Waals surface area contributed by atoms with Crippen LogP contribution in [0, 0.1) is 0 Å². The van der Waals surface area contributed by atoms with Gasteiger partial charge in [-0.05, 0) is 24.1 Å². The first-order chi connectivity index (χ1) is 13.0. The minimum absolute atomic E-state index is 0.243. The Bertz CT molecular complexity index is 846. The van der Waals surface area contributed by atoms with E-state index in [4.69, 9.17) is 4.74 Å². The lowest BCUT2D eigenvalue weighted by Gasteiger charge is -2.33. The average Bonchev–Trinajstić information content (AvgIpc) is 3.15. The van der Waals surface area contributed by atoms with Crippen molar-refractivity contribution in [3.63, 3.8) is 0 Å². The average molecular weight is 411 g/mol. The zero-order valence-corrected chi connectivity index (χ0v) is 17.4. The van der Waals surface area contributed by atoms with Crippen molar-refractivity contribution in [1.29, 1.82) is 0 Å². The van der Waals surface area contributed by atoms with Crippen LogP contribution in [0.1, 0.15) is 31.2 Å². The fourth-order valence-electron chi connectivity index (χ4n) is 3.02. The van der Waals surface area contributed by atoms with Gasteiger partial charge in [0.1, 0.15) is 11.6 Å². The van der Waals surface area contributed by atoms with Gasteiger partial charge in [-0.15, -0.1) is 0 Å². The first-order valence-electron chi connectivity index (χ1n) is 9.20. The fourth-order valence-corrected chi connectivity index (χ4v) is 5.39. The summed E-state index contributed by atoms with van der Waals surface area (Å²) >= 11 is 1.37. The quantitative estimate of drug-likeness (QED) is 0.665. The Balaban J connectivity index is 1.58. The van der Waals surface area contributed by atoms with Gasteiger partial charge in [-0.2, -0.15) is 8.68 Å². The van der Waals surface area contributed by atoms with E-state index in [1.165, 1.54) is 11.5 Å². The third-order valence-corrected chi connectivity index (χ3v) is 7.38. The zero-order chi connectivity index (χ0) is 19.3. The Kier molecular flexibility index (Phi) is 6.67. The molecule has 0 amide bonds. The summed E-state index contributed by atoms with van der Waals surface area (Å²) in [6.45, 7) is 4.33. The normalized spacial score (nSPS) is 15.9. The number of hydrogen-bond donors (Lipinski definition) is 0. The Morgan fingerprint density at radius 1 is 1.22 bits per heavy atom. The van der Waals surface area contributed by atoms with Gasteiger partial charge in [0.25, 0.3) is 0 Å². The van der Waals surface area contributed by atoms with Crippen LogP contribution >= 0.6 is 11.5 Å². The number of aromatic nitrogens is 2. The molecule has 2 heterocycles. The number of hydrogen-bond acceptors (Lipinski definition) is 7. The van der Waals surface area contributed by atoms with Crippen LogP contribution in [-0.4, -0.2) is 61.1 Å². The highest BCUT2D eigenvalue weighted by Crippen LogP contribution is 2.22. The van der Waals surface area contributed by atoms with E-state index in [1.807, 2.05) is 31.2 Å². The molecule has 2 aromatic rings. The third-order valence-electron chi connectivity index (χ3n) is 4.61. The van der Waals surface area contributed by atoms with Crippen molar-refractivity contribution in [3.05, 3.63) is 35.7 Å². The minimum Gasteiger partial charge on any atom is -0.497 e. The van der Waals surface area contributed by atoms with Crippen LogP contribution in [0.2, 0.25) is 0 Å². The Morgan fingerprint density at radius 2 is 2.00 bits per heavy atom. The maximum atomic E-state index is 12.3. The summed E-state index contributed by atoms with van der Waals surface area (Å²) in [5.41, 5.74) is 1.10. The Hall–Kier alpha value is -1.71. The van der Waals surface area contributed by atoms with Crippen molar-refractivity contribution in [2.45, 2.75) is 26.2 Å². The van der Waals surface area contributed by atoms with E-state index in [0.717, 1.165) is 28.7 Å². The van der Waals surface area contributed by atoms with Crippen molar-refractivity contribution < 1.29 is 13.2 Å². The smallest absolute Gasteiger partial charge is 0.214 e. The second kappa shape index (κ2) is 8.99. The lowest BCUT2D eigenvalue weighted by atomic mass is 10.1. The van der Waals surface area contributed by atoms with Crippen molar-refractivity contribution in [3.8, 4) is 5.75 Å². The van der Waals surface area contributed by atoms with Gasteiger partial charge >= 0.3 is 0 Å². The molecule has 0 saturated carbocycles. The number of anilines is 1. The van der Waals surface area contributed by atoms with Crippen molar-refractivity contribution >= 4 is 26.7 Å². The maximum Gasteiger partial charge on any atom is 0.214 e. The molecule has 1 aliphatic rings. The molecule has 148 valence electrons. The van der Waals surface area contributed by atoms with Gasteiger partial charge in [0.05, 0.1) is 12.9 Å². The molecule has 0 unspecified atom stereocenters. The van der Waals surface area contributed by atoms with E-state index in [9.17, 15) is 8.42 Å². The van der Waals surface area contributed by atoms with Crippen molar-refractivity contribution in [2.75, 3.05) is 43.9 Å². The summed E-state index contributed by atoms with van der Waals surface area (Å²) in [5, 5.41) is 0.860. The number of methoxy groups -OCH3 is 1. The standard InChI is InChI=1S/C18H26N4O3S2/c1-3-4-12-27(23,24)22-10-8-21(9-11-22)18-19-17(20-26-18)14-15-6-5-7-16(13-15)25-2/h5-7,13H,3-4,8-12,14H2,1-2H3. The minimum atomic E-state index is -3.13. The fraction of sp³-hybridized carbons (Fsp3) is 0.556. The van der Waals surface area contributed by atoms with Crippen LogP contribution in [0.15, 0.2) is 24.3 Å². The van der Waals surface area contributed by atoms with E-state index in [1.54, 1.807) is 11.4 Å². The van der Waals surface area contributed by atoms with Crippen LogP contribution in [0.5, 0.6) is 5.75 Å². The second-order valence-electron chi connectivity index (χ2n) is 6.58. The number of unbranched alkanes of at least 4 members (excludes halogenated alkanes) is 1. The van der Waals surface area contributed by atoms with Crippen LogP contribution in [0.25, 0.3) is 0 Å². The summed E-state index contributed by atoms with van der Waals surface area (Å²) < 4.78 is 36.0. The molecule has 1 saturated heterocycles. The predicted molar refractivity (Wildman–Crippen MR) is 108 cm³/mol. The number of nitrogens with zero attached hydrogens (tertiary/aromatic N) is 4. The number of sulfonamides is 1. The van der Waals surface area contributed by atoms with Gasteiger partial charge in [-0.3, -0.25) is 0 Å². The number of piperazine rings is 1. The zero-order valence-electron chi connectivity index (χ0n) is 15.8. The summed E-state index contributed by atoms with van der Waals surface area (Å²) in [7, 11) is -1.48. The SMILES string of the molecule is CCCCS(=O)(=O)N1CCN(c2nc(Cc3cccc(OC)c3)ns2)CC1. The first-order valence-corrected chi connectivity index (χ1v) is 11.6. The van der Waals surface area contributed by atoms with Crippen LogP contribution in [0.3, 0.4) is 0 Å². The van der Waals surface area contributed by atoms with E-state index in [2.05, 4.69) is 14.3 Å². The van der Waals surface area contributed by atoms with E-state index in [-0.39, 0.29) is 5.75 Å². The predicted octanol–water partition coefficient (Wildman–Crippen LogP) is 2.39. The first kappa shape index (κ1) is 20.0. The molecular formula is C18H26N4O3S2. The molecule has 0 atom stereocenters. The topological polar surface area (TPSA) is 75.6 Å². The maximum absolute atomic E-state index is 12.3. The van der Waals surface area contributed by atoms with Crippen LogP contribution in [-0.2, 0) is 16.4 Å². The molecule has 9 heteroatoms. The molecule has 1 fully saturated rings. The van der Waals surface area contributed by atoms with Crippen LogP contribution < -0.4 is 9.64 Å². The van der Waals surface area contributed by atoms with Gasteiger partial charge in [0.15, 0.2) is 0 Å². The van der Waals surface area contributed by atoms with E-state index < -0.39 is 10.0 Å². The summed E-state index contributed by atoms with van der Waals surface area (Å²) in [5.74, 6) is 1.84. The van der Waals surface area contributed by atoms with Crippen molar-refractivity contribution in [2.24, 2.45) is 0 Å². The molecular weight excluding hydrogens is 384 g/mol. The number of ether oxygens (including phenoxy) is 1. The number of benzene rings is 1. The third kappa shape index (κ3) is 5.18. The largest absolute Gasteiger partial charge is 0.497 e. The summed E-state index contributed by atoms with van der Waals surface area (Å²) in [6.07, 6.45) is 2.26. The highest BCUT2D eigenvalue weighted by molar-refractivity contribution is 7.89. The lowest BCUT2D eigenvalue weighted by Crippen LogP contribution is -2.49. The molecule has 1 aromatic heterocycles. The lowest BCUT2D eigenvalue weighted by molar-refractivity contribution is 0.384. The summed E-state index contributed by atoms with van der Waals surface area (Å²) in [6, 6.07) is 7.89. The van der Waals surface area contributed by atoms with Gasteiger partial charge in [0.2, 0.25) is 15.2 Å². The van der Waals surface area contributed by atoms with E-state index in [0.29, 0.717) is 39.0 Å². The van der Waals surface area contributed by atoms with Gasteiger partial charge in [-0.25, -0.2) is 13.4 Å². The molecule has 1 aliphatic heterocycles. The molecule has 0 spiro atoms. The second-order valence-corrected chi connectivity index (χ2v) is 9.40. The Morgan fingerprint density at radius 3 is 2.70 bits per heavy atom. The van der Waals surface area contributed by atoms with Gasteiger partial charge in [0, 0.05) is 44.1 Å². The highest BCUT2D eigenvalue weighted by atomic mass is 32.2. The summed E-state index contributed by atoms with van der Waals surface area (Å²) in [4.78, 5) is 6.77. The molecule has 7 nitrogen and oxygen atoms in total. The van der Waals surface area contributed by atoms with Gasteiger partial charge < -0.3 is 9.64 Å². The molecule has 0 N–H and O–H groups in total. The molecule has 27 heavy (non-hydrogen) atoms. The van der Waals surface area contributed by atoms with Crippen molar-refractivity contribution in [1.82, 2.24) is 13.7 Å². The van der Waals surface area contributed by atoms with Gasteiger partial charge in [-0.1, -0.05) is 25.5 Å². The van der Waals surface area contributed by atoms with Crippen LogP contribution in [0.4, 0.5) is 5.13 Å². The highest BCUT2D eigenvalue weighted by Gasteiger charge is 2.27. The Labute approximate surface area is 165 Å². The molecule has 3 rings (SSSR count). The monoisotopic (exact) mass is 410 g/mol. The molecule has 0 aliphatic carbocycles. The molecule has 0 bridgehead atoms. The molecule has 0 radical (unpaired) electrons. The van der Waals surface area contributed by atoms with E-state index >= 15 is 0 Å². The molecule has 1 aromatic carbocycles. The number of rotatable bonds is 8.